The minimum absolute atomic E-state index is 0.429. The summed E-state index contributed by atoms with van der Waals surface area (Å²) < 4.78 is 17.0. The van der Waals surface area contributed by atoms with Gasteiger partial charge in [-0.15, -0.1) is 11.8 Å². The highest BCUT2D eigenvalue weighted by Crippen LogP contribution is 2.58. The van der Waals surface area contributed by atoms with Crippen LogP contribution in [0.2, 0.25) is 0 Å². The summed E-state index contributed by atoms with van der Waals surface area (Å²) in [5, 5.41) is 0. The lowest BCUT2D eigenvalue weighted by molar-refractivity contribution is -0.221. The van der Waals surface area contributed by atoms with E-state index in [4.69, 9.17) is 13.6 Å². The van der Waals surface area contributed by atoms with Crippen molar-refractivity contribution in [2.24, 2.45) is 0 Å². The number of hydrogen-bond donors (Lipinski definition) is 0. The number of fused-ring (bicyclic) bond motifs is 3. The van der Waals surface area contributed by atoms with E-state index in [9.17, 15) is 4.89 Å². The summed E-state index contributed by atoms with van der Waals surface area (Å²) in [5.41, 5.74) is 1.63. The smallest absolute Gasteiger partial charge is 0.517 e. The fraction of sp³-hybridized carbons (Fsp3) is 0.0526. The monoisotopic (exact) mass is 370 g/mol. The van der Waals surface area contributed by atoms with Crippen LogP contribution in [-0.4, -0.2) is 6.26 Å². The van der Waals surface area contributed by atoms with Crippen molar-refractivity contribution in [1.82, 2.24) is 0 Å². The Kier molecular flexibility index (Phi) is 4.30. The van der Waals surface area contributed by atoms with Gasteiger partial charge in [0, 0.05) is 16.0 Å². The molecule has 0 fully saturated rings. The third-order valence-electron chi connectivity index (χ3n) is 3.76. The Balaban J connectivity index is 1.73. The molecule has 0 N–H and O–H groups in total. The zero-order valence-corrected chi connectivity index (χ0v) is 15.1. The standard InChI is InChI=1S/C19H15O4PS/c1-25-15-12-10-14(11-13-15)21-24(20)22-18-8-4-2-6-16(18)17-7-3-5-9-19(17)23-24/h2-13H,1H3. The van der Waals surface area contributed by atoms with Gasteiger partial charge in [-0.2, -0.15) is 0 Å². The van der Waals surface area contributed by atoms with Crippen LogP contribution in [0.3, 0.4) is 0 Å². The predicted octanol–water partition coefficient (Wildman–Crippen LogP) is 4.96. The Labute approximate surface area is 151 Å². The molecule has 4 rings (SSSR count). The molecule has 0 aromatic heterocycles. The number of phosphoric acid groups is 1. The van der Waals surface area contributed by atoms with E-state index in [1.807, 2.05) is 54.8 Å². The Morgan fingerprint density at radius 1 is 0.800 bits per heavy atom. The number of para-hydroxylation sites is 2. The Morgan fingerprint density at radius 2 is 1.32 bits per heavy atom. The molecule has 0 aliphatic carbocycles. The van der Waals surface area contributed by atoms with Crippen LogP contribution in [0.25, 0.3) is 11.1 Å². The zero-order chi connectivity index (χ0) is 17.3. The fourth-order valence-corrected chi connectivity index (χ4v) is 4.30. The van der Waals surface area contributed by atoms with E-state index in [0.717, 1.165) is 16.0 Å². The van der Waals surface area contributed by atoms with Crippen LogP contribution in [0.1, 0.15) is 0 Å². The summed E-state index contributed by atoms with van der Waals surface area (Å²) in [4.78, 5) is 14.3. The van der Waals surface area contributed by atoms with Gasteiger partial charge in [-0.25, -0.2) is 0 Å². The molecule has 0 unspecified atom stereocenters. The van der Waals surface area contributed by atoms with Crippen molar-refractivity contribution < 1.29 is 18.5 Å². The minimum atomic E-state index is -3.87. The Bertz CT molecular complexity index is 850. The molecule has 4 nitrogen and oxygen atoms in total. The van der Waals surface area contributed by atoms with E-state index in [2.05, 4.69) is 0 Å². The normalized spacial score (nSPS) is 14.3. The van der Waals surface area contributed by atoms with Crippen molar-refractivity contribution in [3.05, 3.63) is 72.8 Å². The first kappa shape index (κ1) is 16.3. The van der Waals surface area contributed by atoms with Crippen LogP contribution >= 0.6 is 19.9 Å². The second kappa shape index (κ2) is 6.60. The molecule has 1 heterocycles. The van der Waals surface area contributed by atoms with E-state index in [-0.39, 0.29) is 0 Å². The fourth-order valence-electron chi connectivity index (χ4n) is 2.60. The van der Waals surface area contributed by atoms with E-state index in [1.165, 1.54) is 0 Å². The summed E-state index contributed by atoms with van der Waals surface area (Å²) in [6.07, 6.45) is 1.99. The van der Waals surface area contributed by atoms with E-state index >= 15 is 0 Å². The predicted molar refractivity (Wildman–Crippen MR) is 98.9 cm³/mol. The van der Waals surface area contributed by atoms with Gasteiger partial charge in [0.25, 0.3) is 0 Å². The van der Waals surface area contributed by atoms with Crippen LogP contribution < -0.4 is 18.5 Å². The van der Waals surface area contributed by atoms with Crippen LogP contribution in [0.15, 0.2) is 77.7 Å². The molecular formula is C19H15O4PS. The lowest BCUT2D eigenvalue weighted by atomic mass is 10.0. The largest absolute Gasteiger partial charge is 0.583 e. The second-order valence-corrected chi connectivity index (χ2v) is 7.71. The molecule has 0 radical (unpaired) electrons. The van der Waals surface area contributed by atoms with Gasteiger partial charge in [0.15, 0.2) is 17.2 Å². The van der Waals surface area contributed by atoms with E-state index in [1.54, 1.807) is 36.0 Å². The van der Waals surface area contributed by atoms with Gasteiger partial charge in [-0.1, -0.05) is 36.4 Å². The van der Waals surface area contributed by atoms with Crippen molar-refractivity contribution in [2.45, 2.75) is 4.90 Å². The molecule has 126 valence electrons. The number of phosphoric ester groups is 1. The highest BCUT2D eigenvalue weighted by Gasteiger charge is 2.42. The van der Waals surface area contributed by atoms with Crippen molar-refractivity contribution in [1.29, 1.82) is 0 Å². The second-order valence-electron chi connectivity index (χ2n) is 5.39. The first-order chi connectivity index (χ1) is 12.2. The van der Waals surface area contributed by atoms with Crippen molar-refractivity contribution in [3.63, 3.8) is 0 Å². The average molecular weight is 370 g/mol. The van der Waals surface area contributed by atoms with Crippen LogP contribution in [0, 0.1) is 0 Å². The number of thioether (sulfide) groups is 1. The van der Waals surface area contributed by atoms with Gasteiger partial charge in [0.2, 0.25) is 0 Å². The molecule has 3 aromatic carbocycles. The first-order valence-corrected chi connectivity index (χ1v) is 10.4. The number of hydrogen-bond acceptors (Lipinski definition) is 5. The molecule has 25 heavy (non-hydrogen) atoms. The van der Waals surface area contributed by atoms with Crippen molar-refractivity contribution in [2.75, 3.05) is 6.26 Å². The molecule has 3 aromatic rings. The summed E-state index contributed by atoms with van der Waals surface area (Å²) in [5.74, 6) is 1.37. The number of rotatable bonds is 3. The van der Waals surface area contributed by atoms with Crippen molar-refractivity contribution in [3.8, 4) is 28.4 Å². The lowest BCUT2D eigenvalue weighted by Crippen LogP contribution is -2.25. The van der Waals surface area contributed by atoms with E-state index in [0.29, 0.717) is 17.2 Å². The van der Waals surface area contributed by atoms with Crippen molar-refractivity contribution >= 4 is 19.9 Å². The van der Waals surface area contributed by atoms with Gasteiger partial charge in [-0.3, -0.25) is 13.6 Å². The lowest BCUT2D eigenvalue weighted by Gasteiger charge is -2.23. The molecule has 0 atom stereocenters. The maximum absolute atomic E-state index is 13.2. The molecule has 6 heteroatoms. The molecule has 0 saturated heterocycles. The molecule has 0 spiro atoms. The number of benzene rings is 3. The highest BCUT2D eigenvalue weighted by molar-refractivity contribution is 7.98. The van der Waals surface area contributed by atoms with Gasteiger partial charge in [-0.05, 0) is 42.7 Å². The molecule has 0 amide bonds. The van der Waals surface area contributed by atoms with Gasteiger partial charge >= 0.3 is 8.17 Å². The van der Waals surface area contributed by atoms with Gasteiger partial charge < -0.3 is 4.89 Å². The van der Waals surface area contributed by atoms with Gasteiger partial charge in [0.1, 0.15) is 0 Å². The Morgan fingerprint density at radius 3 is 1.84 bits per heavy atom. The first-order valence-electron chi connectivity index (χ1n) is 7.68. The van der Waals surface area contributed by atoms with Crippen LogP contribution in [0.5, 0.6) is 17.2 Å². The van der Waals surface area contributed by atoms with Crippen LogP contribution in [0.4, 0.5) is 0 Å². The Hall–Kier alpha value is -2.20. The highest BCUT2D eigenvalue weighted by atomic mass is 32.2. The molecule has 1 aliphatic heterocycles. The maximum Gasteiger partial charge on any atom is 0.517 e. The molecule has 0 bridgehead atoms. The average Bonchev–Trinajstić information content (AvgIpc) is 2.75. The van der Waals surface area contributed by atoms with Gasteiger partial charge in [0.05, 0.1) is 0 Å². The molecule has 1 aliphatic rings. The molecular weight excluding hydrogens is 355 g/mol. The summed E-state index contributed by atoms with van der Waals surface area (Å²) >= 11 is 1.62. The zero-order valence-electron chi connectivity index (χ0n) is 13.4. The minimum Gasteiger partial charge on any atom is -0.583 e. The third kappa shape index (κ3) is 3.31. The SMILES string of the molecule is CSc1ccc(O[P+]2([O-])Oc3ccccc3-c3ccccc3O2)cc1. The molecule has 0 saturated carbocycles. The summed E-state index contributed by atoms with van der Waals surface area (Å²) in [7, 11) is -3.87. The summed E-state index contributed by atoms with van der Waals surface area (Å²) in [6, 6.07) is 22.1. The topological polar surface area (TPSA) is 50.8 Å². The van der Waals surface area contributed by atoms with Crippen LogP contribution in [-0.2, 0) is 0 Å². The summed E-state index contributed by atoms with van der Waals surface area (Å²) in [6.45, 7) is 0. The maximum atomic E-state index is 13.2. The third-order valence-corrected chi connectivity index (χ3v) is 5.78. The quantitative estimate of drug-likeness (QED) is 0.482. The van der Waals surface area contributed by atoms with E-state index < -0.39 is 8.17 Å².